The van der Waals surface area contributed by atoms with Crippen LogP contribution in [0.1, 0.15) is 46.5 Å². The molecule has 1 N–H and O–H groups in total. The molecule has 0 aromatic heterocycles. The molecule has 1 atom stereocenters. The van der Waals surface area contributed by atoms with Gasteiger partial charge in [-0.05, 0) is 25.7 Å². The van der Waals surface area contributed by atoms with Crippen LogP contribution in [-0.4, -0.2) is 36.5 Å². The van der Waals surface area contributed by atoms with E-state index in [0.717, 1.165) is 19.6 Å². The van der Waals surface area contributed by atoms with Gasteiger partial charge in [0.05, 0.1) is 0 Å². The fraction of sp³-hybridized carbons (Fsp3) is 0.929. The molecular weight excluding hydrogens is 212 g/mol. The third-order valence-electron chi connectivity index (χ3n) is 4.58. The summed E-state index contributed by atoms with van der Waals surface area (Å²) in [6.45, 7) is 9.14. The summed E-state index contributed by atoms with van der Waals surface area (Å²) in [7, 11) is 0. The van der Waals surface area contributed by atoms with Gasteiger partial charge in [0.25, 0.3) is 0 Å². The standard InChI is InChI=1S/C14H26N2O/c1-11-10-16(9-8-15-11)13(17)14(2,3)12-6-4-5-7-12/h11-12,15H,4-10H2,1-3H3/t11-/m1/s1. The van der Waals surface area contributed by atoms with Crippen molar-refractivity contribution < 1.29 is 4.79 Å². The van der Waals surface area contributed by atoms with E-state index < -0.39 is 0 Å². The van der Waals surface area contributed by atoms with Crippen molar-refractivity contribution in [2.45, 2.75) is 52.5 Å². The molecule has 0 aromatic carbocycles. The number of hydrogen-bond acceptors (Lipinski definition) is 2. The van der Waals surface area contributed by atoms with E-state index in [2.05, 4.69) is 31.0 Å². The lowest BCUT2D eigenvalue weighted by Crippen LogP contribution is -2.55. The second-order valence-corrected chi connectivity index (χ2v) is 6.31. The SMILES string of the molecule is C[C@@H]1CN(C(=O)C(C)(C)C2CCCC2)CCN1. The van der Waals surface area contributed by atoms with E-state index in [4.69, 9.17) is 0 Å². The Labute approximate surface area is 105 Å². The van der Waals surface area contributed by atoms with Gasteiger partial charge in [0.15, 0.2) is 0 Å². The second-order valence-electron chi connectivity index (χ2n) is 6.31. The summed E-state index contributed by atoms with van der Waals surface area (Å²) in [5.41, 5.74) is -0.159. The zero-order valence-electron chi connectivity index (χ0n) is 11.5. The molecule has 1 aliphatic carbocycles. The van der Waals surface area contributed by atoms with E-state index in [1.807, 2.05) is 0 Å². The number of amides is 1. The molecule has 2 fully saturated rings. The fourth-order valence-corrected chi connectivity index (χ4v) is 3.35. The molecule has 98 valence electrons. The molecule has 17 heavy (non-hydrogen) atoms. The molecule has 0 radical (unpaired) electrons. The van der Waals surface area contributed by atoms with Gasteiger partial charge in [-0.15, -0.1) is 0 Å². The molecule has 1 saturated heterocycles. The maximum absolute atomic E-state index is 12.7. The first-order valence-corrected chi connectivity index (χ1v) is 7.04. The quantitative estimate of drug-likeness (QED) is 0.798. The second kappa shape index (κ2) is 4.97. The number of nitrogens with one attached hydrogen (secondary N) is 1. The first-order valence-electron chi connectivity index (χ1n) is 7.04. The zero-order chi connectivity index (χ0) is 12.5. The molecule has 2 aliphatic rings. The normalized spacial score (nSPS) is 27.5. The highest BCUT2D eigenvalue weighted by molar-refractivity contribution is 5.82. The van der Waals surface area contributed by atoms with Gasteiger partial charge in [-0.2, -0.15) is 0 Å². The summed E-state index contributed by atoms with van der Waals surface area (Å²) < 4.78 is 0. The third kappa shape index (κ3) is 2.65. The van der Waals surface area contributed by atoms with Gasteiger partial charge in [-0.3, -0.25) is 4.79 Å². The Morgan fingerprint density at radius 3 is 2.53 bits per heavy atom. The largest absolute Gasteiger partial charge is 0.339 e. The maximum atomic E-state index is 12.7. The Morgan fingerprint density at radius 2 is 1.94 bits per heavy atom. The Balaban J connectivity index is 2.01. The van der Waals surface area contributed by atoms with Crippen molar-refractivity contribution in [3.05, 3.63) is 0 Å². The van der Waals surface area contributed by atoms with Gasteiger partial charge in [0, 0.05) is 31.1 Å². The van der Waals surface area contributed by atoms with E-state index in [1.165, 1.54) is 25.7 Å². The van der Waals surface area contributed by atoms with Gasteiger partial charge in [0.1, 0.15) is 0 Å². The average molecular weight is 238 g/mol. The van der Waals surface area contributed by atoms with E-state index in [1.54, 1.807) is 0 Å². The van der Waals surface area contributed by atoms with Crippen LogP contribution in [0.5, 0.6) is 0 Å². The van der Waals surface area contributed by atoms with Crippen molar-refractivity contribution in [3.8, 4) is 0 Å². The lowest BCUT2D eigenvalue weighted by Gasteiger charge is -2.39. The summed E-state index contributed by atoms with van der Waals surface area (Å²) >= 11 is 0. The number of carbonyl (C=O) groups is 1. The summed E-state index contributed by atoms with van der Waals surface area (Å²) in [4.78, 5) is 14.7. The van der Waals surface area contributed by atoms with Crippen molar-refractivity contribution in [2.75, 3.05) is 19.6 Å². The number of piperazine rings is 1. The number of carbonyl (C=O) groups excluding carboxylic acids is 1. The molecular formula is C14H26N2O. The molecule has 1 aliphatic heterocycles. The van der Waals surface area contributed by atoms with Crippen LogP contribution in [0.3, 0.4) is 0 Å². The summed E-state index contributed by atoms with van der Waals surface area (Å²) in [5.74, 6) is 0.970. The lowest BCUT2D eigenvalue weighted by atomic mass is 9.76. The Kier molecular flexibility index (Phi) is 3.76. The molecule has 3 heteroatoms. The highest BCUT2D eigenvalue weighted by atomic mass is 16.2. The topological polar surface area (TPSA) is 32.3 Å². The Morgan fingerprint density at radius 1 is 1.29 bits per heavy atom. The van der Waals surface area contributed by atoms with Gasteiger partial charge < -0.3 is 10.2 Å². The number of hydrogen-bond donors (Lipinski definition) is 1. The van der Waals surface area contributed by atoms with Crippen LogP contribution >= 0.6 is 0 Å². The van der Waals surface area contributed by atoms with Crippen LogP contribution in [0, 0.1) is 11.3 Å². The number of nitrogens with zero attached hydrogens (tertiary/aromatic N) is 1. The van der Waals surface area contributed by atoms with Gasteiger partial charge in [0.2, 0.25) is 5.91 Å². The molecule has 3 nitrogen and oxygen atoms in total. The minimum atomic E-state index is -0.159. The smallest absolute Gasteiger partial charge is 0.228 e. The van der Waals surface area contributed by atoms with Crippen molar-refractivity contribution >= 4 is 5.91 Å². The van der Waals surface area contributed by atoms with Gasteiger partial charge in [-0.25, -0.2) is 0 Å². The average Bonchev–Trinajstić information content (AvgIpc) is 2.82. The highest BCUT2D eigenvalue weighted by Crippen LogP contribution is 2.40. The molecule has 1 heterocycles. The molecule has 0 unspecified atom stereocenters. The van der Waals surface area contributed by atoms with Gasteiger partial charge >= 0.3 is 0 Å². The molecule has 2 rings (SSSR count). The molecule has 0 bridgehead atoms. The van der Waals surface area contributed by atoms with Crippen LogP contribution in [0.4, 0.5) is 0 Å². The summed E-state index contributed by atoms with van der Waals surface area (Å²) in [5, 5.41) is 3.39. The fourth-order valence-electron chi connectivity index (χ4n) is 3.35. The van der Waals surface area contributed by atoms with E-state index in [0.29, 0.717) is 17.9 Å². The minimum absolute atomic E-state index is 0.159. The maximum Gasteiger partial charge on any atom is 0.228 e. The predicted octanol–water partition coefficient (Wildman–Crippen LogP) is 2.02. The van der Waals surface area contributed by atoms with E-state index in [-0.39, 0.29) is 5.41 Å². The molecule has 0 aromatic rings. The third-order valence-corrected chi connectivity index (χ3v) is 4.58. The lowest BCUT2D eigenvalue weighted by molar-refractivity contribution is -0.144. The van der Waals surface area contributed by atoms with Crippen LogP contribution in [0.25, 0.3) is 0 Å². The number of rotatable bonds is 2. The first-order chi connectivity index (χ1) is 8.01. The van der Waals surface area contributed by atoms with Crippen LogP contribution in [-0.2, 0) is 4.79 Å². The monoisotopic (exact) mass is 238 g/mol. The van der Waals surface area contributed by atoms with Crippen LogP contribution in [0.2, 0.25) is 0 Å². The zero-order valence-corrected chi connectivity index (χ0v) is 11.5. The molecule has 1 saturated carbocycles. The van der Waals surface area contributed by atoms with Crippen molar-refractivity contribution in [2.24, 2.45) is 11.3 Å². The van der Waals surface area contributed by atoms with Crippen LogP contribution in [0.15, 0.2) is 0 Å². The van der Waals surface area contributed by atoms with Crippen LogP contribution < -0.4 is 5.32 Å². The Bertz CT molecular complexity index is 282. The van der Waals surface area contributed by atoms with Crippen molar-refractivity contribution in [3.63, 3.8) is 0 Å². The van der Waals surface area contributed by atoms with Crippen molar-refractivity contribution in [1.29, 1.82) is 0 Å². The van der Waals surface area contributed by atoms with Gasteiger partial charge in [-0.1, -0.05) is 26.7 Å². The highest BCUT2D eigenvalue weighted by Gasteiger charge is 2.41. The molecule has 1 amide bonds. The first kappa shape index (κ1) is 12.9. The summed E-state index contributed by atoms with van der Waals surface area (Å²) in [6.07, 6.45) is 5.08. The molecule has 0 spiro atoms. The van der Waals surface area contributed by atoms with E-state index >= 15 is 0 Å². The predicted molar refractivity (Wildman–Crippen MR) is 69.8 cm³/mol. The Hall–Kier alpha value is -0.570. The summed E-state index contributed by atoms with van der Waals surface area (Å²) in [6, 6.07) is 0.437. The minimum Gasteiger partial charge on any atom is -0.339 e. The van der Waals surface area contributed by atoms with Crippen molar-refractivity contribution in [1.82, 2.24) is 10.2 Å². The van der Waals surface area contributed by atoms with E-state index in [9.17, 15) is 4.79 Å².